The summed E-state index contributed by atoms with van der Waals surface area (Å²) < 4.78 is 13.6. The number of hydrogen-bond donors (Lipinski definition) is 3. The number of hydrogen-bond acceptors (Lipinski definition) is 3. The lowest BCUT2D eigenvalue weighted by molar-refractivity contribution is 0.0697. The maximum atomic E-state index is 13.1. The van der Waals surface area contributed by atoms with Crippen molar-refractivity contribution in [1.29, 1.82) is 0 Å². The summed E-state index contributed by atoms with van der Waals surface area (Å²) in [5.41, 5.74) is 7.03. The van der Waals surface area contributed by atoms with Gasteiger partial charge >= 0.3 is 5.97 Å². The number of nitrogen functional groups attached to an aromatic ring is 1. The Kier molecular flexibility index (Phi) is 4.15. The van der Waals surface area contributed by atoms with Gasteiger partial charge in [-0.25, -0.2) is 9.18 Å². The van der Waals surface area contributed by atoms with E-state index in [1.165, 1.54) is 24.3 Å². The van der Waals surface area contributed by atoms with Crippen LogP contribution in [-0.4, -0.2) is 11.1 Å². The van der Waals surface area contributed by atoms with Crippen molar-refractivity contribution in [3.8, 4) is 0 Å². The van der Waals surface area contributed by atoms with Crippen molar-refractivity contribution in [1.82, 2.24) is 0 Å². The SMILES string of the molecule is Nc1cc(C(=O)O)ccc1Nc1c(Cl)cc(F)cc1Br. The van der Waals surface area contributed by atoms with Crippen LogP contribution in [0, 0.1) is 5.82 Å². The lowest BCUT2D eigenvalue weighted by Crippen LogP contribution is -2.02. The quantitative estimate of drug-likeness (QED) is 0.716. The molecular weight excluding hydrogens is 351 g/mol. The highest BCUT2D eigenvalue weighted by Gasteiger charge is 2.11. The van der Waals surface area contributed by atoms with Crippen molar-refractivity contribution in [2.24, 2.45) is 0 Å². The summed E-state index contributed by atoms with van der Waals surface area (Å²) in [6, 6.07) is 6.68. The van der Waals surface area contributed by atoms with Crippen LogP contribution in [0.4, 0.5) is 21.5 Å². The summed E-state index contributed by atoms with van der Waals surface area (Å²) in [4.78, 5) is 10.8. The molecule has 0 aliphatic heterocycles. The molecule has 20 heavy (non-hydrogen) atoms. The molecule has 2 aromatic rings. The van der Waals surface area contributed by atoms with Gasteiger partial charge in [0.1, 0.15) is 5.82 Å². The average molecular weight is 360 g/mol. The van der Waals surface area contributed by atoms with E-state index in [4.69, 9.17) is 22.4 Å². The second kappa shape index (κ2) is 5.68. The third-order valence-corrected chi connectivity index (χ3v) is 3.49. The minimum Gasteiger partial charge on any atom is -0.478 e. The normalized spacial score (nSPS) is 10.3. The Morgan fingerprint density at radius 3 is 2.60 bits per heavy atom. The zero-order chi connectivity index (χ0) is 14.9. The molecule has 0 saturated heterocycles. The molecule has 0 heterocycles. The van der Waals surface area contributed by atoms with Crippen LogP contribution in [0.3, 0.4) is 0 Å². The smallest absolute Gasteiger partial charge is 0.335 e. The lowest BCUT2D eigenvalue weighted by Gasteiger charge is -2.13. The third kappa shape index (κ3) is 3.02. The monoisotopic (exact) mass is 358 g/mol. The number of carboxylic acid groups (broad SMARTS) is 1. The fourth-order valence-corrected chi connectivity index (χ4v) is 2.50. The number of nitrogens with two attached hydrogens (primary N) is 1. The van der Waals surface area contributed by atoms with Crippen LogP contribution in [0.1, 0.15) is 10.4 Å². The van der Waals surface area contributed by atoms with Crippen molar-refractivity contribution in [3.63, 3.8) is 0 Å². The third-order valence-electron chi connectivity index (χ3n) is 2.57. The highest BCUT2D eigenvalue weighted by molar-refractivity contribution is 9.10. The standard InChI is InChI=1S/C13H9BrClFN2O2/c14-8-4-7(16)5-9(15)12(8)18-11-2-1-6(13(19)20)3-10(11)17/h1-5,18H,17H2,(H,19,20). The molecule has 0 aromatic heterocycles. The van der Waals surface area contributed by atoms with Crippen LogP contribution >= 0.6 is 27.5 Å². The van der Waals surface area contributed by atoms with Gasteiger partial charge in [-0.2, -0.15) is 0 Å². The fraction of sp³-hybridized carbons (Fsp3) is 0. The summed E-state index contributed by atoms with van der Waals surface area (Å²) in [5.74, 6) is -1.54. The first-order chi connectivity index (χ1) is 9.38. The van der Waals surface area contributed by atoms with Crippen LogP contribution in [0.5, 0.6) is 0 Å². The minimum atomic E-state index is -1.07. The molecule has 4 N–H and O–H groups in total. The van der Waals surface area contributed by atoms with Gasteiger partial charge in [0.15, 0.2) is 0 Å². The Bertz CT molecular complexity index is 671. The van der Waals surface area contributed by atoms with Gasteiger partial charge in [-0.3, -0.25) is 0 Å². The molecule has 4 nitrogen and oxygen atoms in total. The Labute approximate surface area is 127 Å². The van der Waals surface area contributed by atoms with E-state index in [0.29, 0.717) is 15.8 Å². The molecule has 0 aliphatic rings. The van der Waals surface area contributed by atoms with Crippen molar-refractivity contribution in [2.75, 3.05) is 11.1 Å². The number of rotatable bonds is 3. The van der Waals surface area contributed by atoms with Gasteiger partial charge in [-0.1, -0.05) is 11.6 Å². The predicted octanol–water partition coefficient (Wildman–Crippen LogP) is 4.27. The molecule has 0 radical (unpaired) electrons. The summed E-state index contributed by atoms with van der Waals surface area (Å²) in [6.07, 6.45) is 0. The van der Waals surface area contributed by atoms with Gasteiger partial charge in [0.05, 0.1) is 27.6 Å². The van der Waals surface area contributed by atoms with Crippen LogP contribution in [0.25, 0.3) is 0 Å². The summed E-state index contributed by atoms with van der Waals surface area (Å²) in [6.45, 7) is 0. The van der Waals surface area contributed by atoms with Crippen LogP contribution in [0.2, 0.25) is 5.02 Å². The molecule has 0 amide bonds. The number of carbonyl (C=O) groups is 1. The molecule has 0 spiro atoms. The van der Waals surface area contributed by atoms with E-state index < -0.39 is 11.8 Å². The Morgan fingerprint density at radius 1 is 1.35 bits per heavy atom. The first-order valence-corrected chi connectivity index (χ1v) is 6.60. The Balaban J connectivity index is 2.38. The molecule has 104 valence electrons. The molecule has 0 bridgehead atoms. The Hall–Kier alpha value is -1.79. The van der Waals surface area contributed by atoms with Crippen LogP contribution in [0.15, 0.2) is 34.8 Å². The largest absolute Gasteiger partial charge is 0.478 e. The minimum absolute atomic E-state index is 0.0809. The van der Waals surface area contributed by atoms with Gasteiger partial charge in [0, 0.05) is 4.47 Å². The molecule has 2 aromatic carbocycles. The second-order valence-corrected chi connectivity index (χ2v) is 5.24. The molecule has 0 atom stereocenters. The first-order valence-electron chi connectivity index (χ1n) is 5.43. The number of nitrogens with one attached hydrogen (secondary N) is 1. The predicted molar refractivity (Wildman–Crippen MR) is 80.2 cm³/mol. The van der Waals surface area contributed by atoms with E-state index in [2.05, 4.69) is 21.2 Å². The number of benzene rings is 2. The number of halogens is 3. The van der Waals surface area contributed by atoms with Gasteiger partial charge < -0.3 is 16.2 Å². The summed E-state index contributed by atoms with van der Waals surface area (Å²) in [7, 11) is 0. The van der Waals surface area contributed by atoms with Gasteiger partial charge in [0.2, 0.25) is 0 Å². The zero-order valence-electron chi connectivity index (χ0n) is 9.95. The molecular formula is C13H9BrClFN2O2. The highest BCUT2D eigenvalue weighted by Crippen LogP contribution is 2.35. The number of aromatic carboxylic acids is 1. The summed E-state index contributed by atoms with van der Waals surface area (Å²) >= 11 is 9.15. The topological polar surface area (TPSA) is 75.4 Å². The van der Waals surface area contributed by atoms with Crippen molar-refractivity contribution in [2.45, 2.75) is 0 Å². The highest BCUT2D eigenvalue weighted by atomic mass is 79.9. The van der Waals surface area contributed by atoms with Gasteiger partial charge in [0.25, 0.3) is 0 Å². The van der Waals surface area contributed by atoms with E-state index in [-0.39, 0.29) is 16.3 Å². The van der Waals surface area contributed by atoms with E-state index in [0.717, 1.165) is 6.07 Å². The molecule has 0 aliphatic carbocycles. The second-order valence-electron chi connectivity index (χ2n) is 3.98. The molecule has 0 saturated carbocycles. The van der Waals surface area contributed by atoms with E-state index in [1.54, 1.807) is 0 Å². The van der Waals surface area contributed by atoms with Gasteiger partial charge in [-0.15, -0.1) is 0 Å². The van der Waals surface area contributed by atoms with Crippen LogP contribution < -0.4 is 11.1 Å². The molecule has 7 heteroatoms. The zero-order valence-corrected chi connectivity index (χ0v) is 12.3. The fourth-order valence-electron chi connectivity index (χ4n) is 1.61. The Morgan fingerprint density at radius 2 is 2.05 bits per heavy atom. The van der Waals surface area contributed by atoms with E-state index in [1.807, 2.05) is 0 Å². The maximum absolute atomic E-state index is 13.1. The first kappa shape index (κ1) is 14.6. The lowest BCUT2D eigenvalue weighted by atomic mass is 10.1. The van der Waals surface area contributed by atoms with Crippen LogP contribution in [-0.2, 0) is 0 Å². The molecule has 0 fully saturated rings. The molecule has 2 rings (SSSR count). The number of carboxylic acids is 1. The number of anilines is 3. The summed E-state index contributed by atoms with van der Waals surface area (Å²) in [5, 5.41) is 12.0. The maximum Gasteiger partial charge on any atom is 0.335 e. The van der Waals surface area contributed by atoms with E-state index >= 15 is 0 Å². The van der Waals surface area contributed by atoms with Crippen molar-refractivity contribution < 1.29 is 14.3 Å². The van der Waals surface area contributed by atoms with Gasteiger partial charge in [-0.05, 0) is 46.3 Å². The average Bonchev–Trinajstić information content (AvgIpc) is 2.34. The van der Waals surface area contributed by atoms with Crippen molar-refractivity contribution in [3.05, 3.63) is 51.2 Å². The molecule has 0 unspecified atom stereocenters. The van der Waals surface area contributed by atoms with Crippen molar-refractivity contribution >= 4 is 50.6 Å². The van der Waals surface area contributed by atoms with E-state index in [9.17, 15) is 9.18 Å².